The molecule has 0 saturated carbocycles. The minimum atomic E-state index is -0.324. The Labute approximate surface area is 207 Å². The smallest absolute Gasteiger partial charge is 0.309 e. The minimum absolute atomic E-state index is 0.0877. The molecular formula is C31H30O2S. The molecule has 1 atom stereocenters. The van der Waals surface area contributed by atoms with Crippen molar-refractivity contribution < 1.29 is 9.53 Å². The van der Waals surface area contributed by atoms with Gasteiger partial charge < -0.3 is 4.74 Å². The predicted molar refractivity (Wildman–Crippen MR) is 144 cm³/mol. The third-order valence-corrected chi connectivity index (χ3v) is 5.80. The largest absolute Gasteiger partial charge is 0.469 e. The molecule has 34 heavy (non-hydrogen) atoms. The average Bonchev–Trinajstić information content (AvgIpc) is 3.36. The quantitative estimate of drug-likeness (QED) is 0.207. The molecule has 0 bridgehead atoms. The SMILES string of the molecule is COC(=O)C(CC#CC#CC(C)(C)C)Cc1cccc(C=Cc2cccc(-c3ccsc3)c2)c1. The second-order valence-corrected chi connectivity index (χ2v) is 9.93. The molecule has 0 fully saturated rings. The van der Waals surface area contributed by atoms with Gasteiger partial charge in [0.05, 0.1) is 13.0 Å². The Bertz CT molecular complexity index is 1250. The van der Waals surface area contributed by atoms with E-state index in [1.54, 1.807) is 11.3 Å². The van der Waals surface area contributed by atoms with Crippen molar-refractivity contribution in [2.24, 2.45) is 11.3 Å². The standard InChI is InChI=1S/C31H30O2S/c1-31(2,3)18-7-5-6-13-28(30(32)33-4)22-26-12-8-10-24(20-26)15-16-25-11-9-14-27(21-25)29-17-19-34-23-29/h8-12,14-17,19-21,23,28H,13,22H2,1-4H3. The van der Waals surface area contributed by atoms with Crippen molar-refractivity contribution in [2.45, 2.75) is 33.6 Å². The van der Waals surface area contributed by atoms with Crippen LogP contribution in [0.15, 0.2) is 65.4 Å². The molecule has 0 radical (unpaired) electrons. The summed E-state index contributed by atoms with van der Waals surface area (Å²) in [6.07, 6.45) is 5.21. The molecular weight excluding hydrogens is 436 g/mol. The van der Waals surface area contributed by atoms with Crippen LogP contribution in [0.5, 0.6) is 0 Å². The van der Waals surface area contributed by atoms with Crippen molar-refractivity contribution in [1.29, 1.82) is 0 Å². The van der Waals surface area contributed by atoms with Gasteiger partial charge >= 0.3 is 5.97 Å². The molecule has 0 aliphatic heterocycles. The Hall–Kier alpha value is -3.53. The first-order valence-corrected chi connectivity index (χ1v) is 12.3. The lowest BCUT2D eigenvalue weighted by Gasteiger charge is -2.12. The number of methoxy groups -OCH3 is 1. The molecule has 0 aliphatic carbocycles. The van der Waals surface area contributed by atoms with E-state index >= 15 is 0 Å². The number of ether oxygens (including phenoxy) is 1. The van der Waals surface area contributed by atoms with Gasteiger partial charge in [-0.25, -0.2) is 0 Å². The molecule has 172 valence electrons. The third-order valence-electron chi connectivity index (χ3n) is 5.11. The zero-order valence-corrected chi connectivity index (χ0v) is 21.0. The molecule has 0 aliphatic rings. The zero-order chi connectivity index (χ0) is 24.4. The van der Waals surface area contributed by atoms with Crippen LogP contribution in [0.25, 0.3) is 23.3 Å². The van der Waals surface area contributed by atoms with E-state index < -0.39 is 0 Å². The summed E-state index contributed by atoms with van der Waals surface area (Å²) < 4.78 is 5.02. The first-order chi connectivity index (χ1) is 16.3. The highest BCUT2D eigenvalue weighted by molar-refractivity contribution is 7.08. The van der Waals surface area contributed by atoms with Gasteiger partial charge in [0.1, 0.15) is 0 Å². The lowest BCUT2D eigenvalue weighted by molar-refractivity contribution is -0.145. The predicted octanol–water partition coefficient (Wildman–Crippen LogP) is 7.36. The van der Waals surface area contributed by atoms with E-state index in [1.165, 1.54) is 18.2 Å². The fourth-order valence-corrected chi connectivity index (χ4v) is 4.06. The molecule has 0 amide bonds. The molecule has 2 nitrogen and oxygen atoms in total. The van der Waals surface area contributed by atoms with Gasteiger partial charge in [-0.1, -0.05) is 66.5 Å². The number of esters is 1. The van der Waals surface area contributed by atoms with E-state index in [4.69, 9.17) is 4.74 Å². The maximum Gasteiger partial charge on any atom is 0.309 e. The van der Waals surface area contributed by atoms with Crippen LogP contribution in [0, 0.1) is 35.0 Å². The molecule has 0 saturated heterocycles. The number of benzene rings is 2. The van der Waals surface area contributed by atoms with Crippen LogP contribution in [-0.2, 0) is 16.0 Å². The highest BCUT2D eigenvalue weighted by Crippen LogP contribution is 2.24. The van der Waals surface area contributed by atoms with Crippen LogP contribution in [-0.4, -0.2) is 13.1 Å². The van der Waals surface area contributed by atoms with Crippen LogP contribution in [0.1, 0.15) is 43.9 Å². The van der Waals surface area contributed by atoms with E-state index in [0.717, 1.165) is 16.7 Å². The number of hydrogen-bond donors (Lipinski definition) is 0. The average molecular weight is 467 g/mol. The highest BCUT2D eigenvalue weighted by atomic mass is 32.1. The lowest BCUT2D eigenvalue weighted by atomic mass is 9.95. The van der Waals surface area contributed by atoms with E-state index in [9.17, 15) is 4.79 Å². The fraction of sp³-hybridized carbons (Fsp3) is 0.258. The summed E-state index contributed by atoms with van der Waals surface area (Å²) in [6.45, 7) is 6.13. The first kappa shape index (κ1) is 25.1. The summed E-state index contributed by atoms with van der Waals surface area (Å²) in [4.78, 5) is 12.3. The second kappa shape index (κ2) is 12.1. The Morgan fingerprint density at radius 2 is 1.74 bits per heavy atom. The second-order valence-electron chi connectivity index (χ2n) is 9.15. The maximum atomic E-state index is 12.3. The van der Waals surface area contributed by atoms with Gasteiger partial charge in [-0.05, 0) is 89.7 Å². The van der Waals surface area contributed by atoms with Crippen molar-refractivity contribution in [3.05, 3.63) is 82.0 Å². The molecule has 0 N–H and O–H groups in total. The van der Waals surface area contributed by atoms with Crippen molar-refractivity contribution >= 4 is 29.5 Å². The van der Waals surface area contributed by atoms with Crippen molar-refractivity contribution in [3.8, 4) is 34.8 Å². The van der Waals surface area contributed by atoms with Crippen LogP contribution >= 0.6 is 11.3 Å². The van der Waals surface area contributed by atoms with E-state index in [-0.39, 0.29) is 17.3 Å². The summed E-state index contributed by atoms with van der Waals surface area (Å²) in [7, 11) is 1.42. The van der Waals surface area contributed by atoms with Gasteiger partial charge in [0.2, 0.25) is 0 Å². The van der Waals surface area contributed by atoms with Gasteiger partial charge in [-0.2, -0.15) is 11.3 Å². The maximum absolute atomic E-state index is 12.3. The van der Waals surface area contributed by atoms with Gasteiger partial charge in [0, 0.05) is 11.8 Å². The van der Waals surface area contributed by atoms with Gasteiger partial charge in [-0.15, -0.1) is 0 Å². The Balaban J connectivity index is 1.70. The number of thiophene rings is 1. The highest BCUT2D eigenvalue weighted by Gasteiger charge is 2.18. The number of carbonyl (C=O) groups is 1. The Morgan fingerprint density at radius 3 is 2.41 bits per heavy atom. The lowest BCUT2D eigenvalue weighted by Crippen LogP contribution is -2.18. The van der Waals surface area contributed by atoms with Gasteiger partial charge in [-0.3, -0.25) is 4.79 Å². The first-order valence-electron chi connectivity index (χ1n) is 11.3. The van der Waals surface area contributed by atoms with Crippen LogP contribution < -0.4 is 0 Å². The Kier molecular flexibility index (Phi) is 8.92. The van der Waals surface area contributed by atoms with Crippen molar-refractivity contribution in [3.63, 3.8) is 0 Å². The zero-order valence-electron chi connectivity index (χ0n) is 20.2. The summed E-state index contributed by atoms with van der Waals surface area (Å²) in [6, 6.07) is 18.9. The van der Waals surface area contributed by atoms with Crippen molar-refractivity contribution in [1.82, 2.24) is 0 Å². The number of carbonyl (C=O) groups excluding carboxylic acids is 1. The van der Waals surface area contributed by atoms with E-state index in [1.807, 2.05) is 32.9 Å². The molecule has 2 aromatic carbocycles. The van der Waals surface area contributed by atoms with Crippen LogP contribution in [0.4, 0.5) is 0 Å². The molecule has 1 heterocycles. The Morgan fingerprint density at radius 1 is 1.00 bits per heavy atom. The molecule has 1 unspecified atom stereocenters. The minimum Gasteiger partial charge on any atom is -0.469 e. The molecule has 3 aromatic rings. The van der Waals surface area contributed by atoms with Gasteiger partial charge in [0.15, 0.2) is 0 Å². The fourth-order valence-electron chi connectivity index (χ4n) is 3.39. The summed E-state index contributed by atoms with van der Waals surface area (Å²) >= 11 is 1.70. The third kappa shape index (κ3) is 8.11. The summed E-state index contributed by atoms with van der Waals surface area (Å²) in [5.74, 6) is 11.3. The number of rotatable bonds is 7. The van der Waals surface area contributed by atoms with Crippen LogP contribution in [0.2, 0.25) is 0 Å². The van der Waals surface area contributed by atoms with Crippen molar-refractivity contribution in [2.75, 3.05) is 7.11 Å². The monoisotopic (exact) mass is 466 g/mol. The molecule has 0 spiro atoms. The van der Waals surface area contributed by atoms with Crippen LogP contribution in [0.3, 0.4) is 0 Å². The molecule has 1 aromatic heterocycles. The normalized spacial score (nSPS) is 11.8. The topological polar surface area (TPSA) is 26.3 Å². The summed E-state index contributed by atoms with van der Waals surface area (Å²) in [5.41, 5.74) is 5.68. The van der Waals surface area contributed by atoms with Gasteiger partial charge in [0.25, 0.3) is 0 Å². The van der Waals surface area contributed by atoms with E-state index in [2.05, 4.69) is 89.1 Å². The van der Waals surface area contributed by atoms with E-state index in [0.29, 0.717) is 12.8 Å². The molecule has 3 rings (SSSR count). The number of hydrogen-bond acceptors (Lipinski definition) is 3. The summed E-state index contributed by atoms with van der Waals surface area (Å²) in [5, 5.41) is 4.25. The molecule has 3 heteroatoms.